The molecule has 1 N–H and O–H groups in total. The third-order valence-corrected chi connectivity index (χ3v) is 2.98. The zero-order chi connectivity index (χ0) is 11.8. The molecule has 1 atom stereocenters. The molecule has 1 unspecified atom stereocenters. The predicted octanol–water partition coefficient (Wildman–Crippen LogP) is 2.29. The molecule has 86 valence electrons. The zero-order valence-corrected chi connectivity index (χ0v) is 10.4. The third-order valence-electron chi connectivity index (χ3n) is 2.04. The molecule has 0 fully saturated rings. The smallest absolute Gasteiger partial charge is 0.224 e. The summed E-state index contributed by atoms with van der Waals surface area (Å²) < 4.78 is 0. The number of nitrogens with one attached hydrogen (secondary N) is 1. The van der Waals surface area contributed by atoms with Crippen LogP contribution in [0.15, 0.2) is 12.3 Å². The minimum Gasteiger partial charge on any atom is -0.352 e. The Balaban J connectivity index is 2.43. The standard InChI is InChI=1S/C11H16N4S/c1-3-16-7-5-9(2)14-11-13-6-4-10(8-12)15-11/h4,6,9H,3,5,7H2,1-2H3,(H,13,14,15). The Morgan fingerprint density at radius 3 is 3.12 bits per heavy atom. The summed E-state index contributed by atoms with van der Waals surface area (Å²) in [6.07, 6.45) is 2.67. The van der Waals surface area contributed by atoms with Gasteiger partial charge in [-0.15, -0.1) is 0 Å². The van der Waals surface area contributed by atoms with Gasteiger partial charge in [0.25, 0.3) is 0 Å². The minimum atomic E-state index is 0.327. The highest BCUT2D eigenvalue weighted by molar-refractivity contribution is 7.99. The average molecular weight is 236 g/mol. The molecule has 1 rings (SSSR count). The van der Waals surface area contributed by atoms with Crippen LogP contribution >= 0.6 is 11.8 Å². The lowest BCUT2D eigenvalue weighted by molar-refractivity contribution is 0.759. The van der Waals surface area contributed by atoms with Gasteiger partial charge in [0.15, 0.2) is 0 Å². The highest BCUT2D eigenvalue weighted by Crippen LogP contribution is 2.08. The number of aromatic nitrogens is 2. The molecule has 5 heteroatoms. The summed E-state index contributed by atoms with van der Waals surface area (Å²) in [6, 6.07) is 3.92. The number of nitriles is 1. The van der Waals surface area contributed by atoms with E-state index in [0.29, 0.717) is 17.7 Å². The van der Waals surface area contributed by atoms with Crippen LogP contribution in [0, 0.1) is 11.3 Å². The summed E-state index contributed by atoms with van der Waals surface area (Å²) in [5.74, 6) is 2.81. The number of hydrogen-bond acceptors (Lipinski definition) is 5. The number of hydrogen-bond donors (Lipinski definition) is 1. The molecule has 0 saturated carbocycles. The summed E-state index contributed by atoms with van der Waals surface area (Å²) in [7, 11) is 0. The van der Waals surface area contributed by atoms with Gasteiger partial charge in [0.2, 0.25) is 5.95 Å². The summed E-state index contributed by atoms with van der Waals surface area (Å²) >= 11 is 1.92. The largest absolute Gasteiger partial charge is 0.352 e. The van der Waals surface area contributed by atoms with Gasteiger partial charge < -0.3 is 5.32 Å². The van der Waals surface area contributed by atoms with Crippen LogP contribution in [-0.2, 0) is 0 Å². The molecule has 0 radical (unpaired) electrons. The number of nitrogens with zero attached hydrogens (tertiary/aromatic N) is 3. The van der Waals surface area contributed by atoms with Crippen molar-refractivity contribution in [3.8, 4) is 6.07 Å². The molecule has 0 aromatic carbocycles. The van der Waals surface area contributed by atoms with Gasteiger partial charge in [-0.3, -0.25) is 0 Å². The second-order valence-electron chi connectivity index (χ2n) is 3.41. The van der Waals surface area contributed by atoms with Crippen LogP contribution in [-0.4, -0.2) is 27.5 Å². The molecule has 0 bridgehead atoms. The molecule has 0 aliphatic heterocycles. The van der Waals surface area contributed by atoms with E-state index in [9.17, 15) is 0 Å². The van der Waals surface area contributed by atoms with E-state index in [1.54, 1.807) is 12.3 Å². The fourth-order valence-electron chi connectivity index (χ4n) is 1.19. The maximum absolute atomic E-state index is 8.70. The Morgan fingerprint density at radius 1 is 1.62 bits per heavy atom. The fraction of sp³-hybridized carbons (Fsp3) is 0.545. The van der Waals surface area contributed by atoms with Crippen molar-refractivity contribution in [1.29, 1.82) is 5.26 Å². The fourth-order valence-corrected chi connectivity index (χ4v) is 2.00. The van der Waals surface area contributed by atoms with E-state index in [-0.39, 0.29) is 0 Å². The Bertz CT molecular complexity index is 361. The van der Waals surface area contributed by atoms with Crippen LogP contribution in [0.1, 0.15) is 26.0 Å². The summed E-state index contributed by atoms with van der Waals surface area (Å²) in [6.45, 7) is 4.25. The van der Waals surface area contributed by atoms with E-state index in [4.69, 9.17) is 5.26 Å². The SMILES string of the molecule is CCSCCC(C)Nc1nccc(C#N)n1. The molecule has 4 nitrogen and oxygen atoms in total. The first kappa shape index (κ1) is 12.8. The van der Waals surface area contributed by atoms with Crippen molar-refractivity contribution in [2.75, 3.05) is 16.8 Å². The van der Waals surface area contributed by atoms with Gasteiger partial charge in [-0.05, 0) is 30.9 Å². The van der Waals surface area contributed by atoms with E-state index in [1.807, 2.05) is 17.8 Å². The molecule has 1 aromatic heterocycles. The first-order valence-electron chi connectivity index (χ1n) is 5.33. The summed E-state index contributed by atoms with van der Waals surface area (Å²) in [5.41, 5.74) is 0.396. The Morgan fingerprint density at radius 2 is 2.44 bits per heavy atom. The second kappa shape index (κ2) is 7.07. The van der Waals surface area contributed by atoms with Crippen LogP contribution in [0.25, 0.3) is 0 Å². The molecular weight excluding hydrogens is 220 g/mol. The molecule has 0 amide bonds. The van der Waals surface area contributed by atoms with Gasteiger partial charge in [-0.2, -0.15) is 17.0 Å². The Labute approximate surface area is 100 Å². The van der Waals surface area contributed by atoms with E-state index in [1.165, 1.54) is 0 Å². The second-order valence-corrected chi connectivity index (χ2v) is 4.80. The van der Waals surface area contributed by atoms with Crippen LogP contribution in [0.3, 0.4) is 0 Å². The molecule has 1 heterocycles. The van der Waals surface area contributed by atoms with Gasteiger partial charge in [0.1, 0.15) is 11.8 Å². The maximum atomic E-state index is 8.70. The molecule has 16 heavy (non-hydrogen) atoms. The minimum absolute atomic E-state index is 0.327. The number of rotatable bonds is 6. The lowest BCUT2D eigenvalue weighted by atomic mass is 10.3. The number of thioether (sulfide) groups is 1. The molecule has 0 aliphatic carbocycles. The van der Waals surface area contributed by atoms with Crippen LogP contribution in [0.2, 0.25) is 0 Å². The van der Waals surface area contributed by atoms with E-state index in [2.05, 4.69) is 29.1 Å². The van der Waals surface area contributed by atoms with Crippen molar-refractivity contribution in [2.24, 2.45) is 0 Å². The first-order valence-corrected chi connectivity index (χ1v) is 6.49. The van der Waals surface area contributed by atoms with Crippen molar-refractivity contribution < 1.29 is 0 Å². The van der Waals surface area contributed by atoms with Crippen molar-refractivity contribution in [3.05, 3.63) is 18.0 Å². The van der Waals surface area contributed by atoms with Crippen LogP contribution in [0.5, 0.6) is 0 Å². The van der Waals surface area contributed by atoms with Crippen molar-refractivity contribution in [3.63, 3.8) is 0 Å². The Kier molecular flexibility index (Phi) is 5.65. The highest BCUT2D eigenvalue weighted by Gasteiger charge is 2.04. The maximum Gasteiger partial charge on any atom is 0.224 e. The topological polar surface area (TPSA) is 61.6 Å². The van der Waals surface area contributed by atoms with Gasteiger partial charge in [-0.1, -0.05) is 6.92 Å². The molecule has 0 spiro atoms. The lowest BCUT2D eigenvalue weighted by Gasteiger charge is -2.12. The van der Waals surface area contributed by atoms with Crippen LogP contribution < -0.4 is 5.32 Å². The van der Waals surface area contributed by atoms with Crippen molar-refractivity contribution in [2.45, 2.75) is 26.3 Å². The predicted molar refractivity (Wildman–Crippen MR) is 67.4 cm³/mol. The van der Waals surface area contributed by atoms with E-state index in [0.717, 1.165) is 17.9 Å². The van der Waals surface area contributed by atoms with E-state index >= 15 is 0 Å². The normalized spacial score (nSPS) is 11.8. The van der Waals surface area contributed by atoms with Gasteiger partial charge in [0.05, 0.1) is 0 Å². The summed E-state index contributed by atoms with van der Waals surface area (Å²) in [4.78, 5) is 8.14. The lowest BCUT2D eigenvalue weighted by Crippen LogP contribution is -2.18. The van der Waals surface area contributed by atoms with Gasteiger partial charge in [-0.25, -0.2) is 9.97 Å². The zero-order valence-electron chi connectivity index (χ0n) is 9.60. The molecular formula is C11H16N4S. The highest BCUT2D eigenvalue weighted by atomic mass is 32.2. The van der Waals surface area contributed by atoms with Crippen molar-refractivity contribution in [1.82, 2.24) is 9.97 Å². The quantitative estimate of drug-likeness (QED) is 0.768. The van der Waals surface area contributed by atoms with Gasteiger partial charge >= 0.3 is 0 Å². The monoisotopic (exact) mass is 236 g/mol. The van der Waals surface area contributed by atoms with E-state index < -0.39 is 0 Å². The van der Waals surface area contributed by atoms with Gasteiger partial charge in [0, 0.05) is 12.2 Å². The van der Waals surface area contributed by atoms with Crippen molar-refractivity contribution >= 4 is 17.7 Å². The Hall–Kier alpha value is -1.28. The third kappa shape index (κ3) is 4.49. The summed E-state index contributed by atoms with van der Waals surface area (Å²) in [5, 5.41) is 11.9. The number of anilines is 1. The molecule has 0 saturated heterocycles. The van der Waals surface area contributed by atoms with Crippen LogP contribution in [0.4, 0.5) is 5.95 Å². The average Bonchev–Trinajstić information content (AvgIpc) is 2.29. The molecule has 0 aliphatic rings. The molecule has 1 aromatic rings. The first-order chi connectivity index (χ1) is 7.76.